The second-order valence-corrected chi connectivity index (χ2v) is 6.06. The highest BCUT2D eigenvalue weighted by Crippen LogP contribution is 2.24. The normalized spacial score (nSPS) is 17.3. The van der Waals surface area contributed by atoms with Crippen molar-refractivity contribution in [3.63, 3.8) is 0 Å². The SMILES string of the molecule is c1ccc(-c2nc(CN3CCCCCC3)cs2)cc1. The summed E-state index contributed by atoms with van der Waals surface area (Å²) in [5.41, 5.74) is 2.46. The van der Waals surface area contributed by atoms with E-state index in [-0.39, 0.29) is 0 Å². The van der Waals surface area contributed by atoms with Crippen molar-refractivity contribution in [1.29, 1.82) is 0 Å². The van der Waals surface area contributed by atoms with Gasteiger partial charge in [-0.1, -0.05) is 43.2 Å². The molecule has 2 nitrogen and oxygen atoms in total. The summed E-state index contributed by atoms with van der Waals surface area (Å²) in [5.74, 6) is 0. The molecule has 0 saturated carbocycles. The van der Waals surface area contributed by atoms with Crippen LogP contribution in [-0.2, 0) is 6.54 Å². The van der Waals surface area contributed by atoms with Gasteiger partial charge in [0, 0.05) is 17.5 Å². The molecule has 1 saturated heterocycles. The molecule has 1 aliphatic rings. The Labute approximate surface area is 119 Å². The van der Waals surface area contributed by atoms with Gasteiger partial charge in [0.2, 0.25) is 0 Å². The van der Waals surface area contributed by atoms with Crippen LogP contribution in [0.4, 0.5) is 0 Å². The molecule has 2 heterocycles. The Bertz CT molecular complexity index is 498. The third-order valence-electron chi connectivity index (χ3n) is 3.66. The molecule has 0 aliphatic carbocycles. The maximum Gasteiger partial charge on any atom is 0.123 e. The maximum absolute atomic E-state index is 4.78. The van der Waals surface area contributed by atoms with Crippen LogP contribution in [-0.4, -0.2) is 23.0 Å². The standard InChI is InChI=1S/C16H20N2S/c1-2-7-11-18(10-6-1)12-15-13-19-16(17-15)14-8-4-3-5-9-14/h3-5,8-9,13H,1-2,6-7,10-12H2. The van der Waals surface area contributed by atoms with E-state index >= 15 is 0 Å². The van der Waals surface area contributed by atoms with Crippen LogP contribution in [0.15, 0.2) is 35.7 Å². The summed E-state index contributed by atoms with van der Waals surface area (Å²) >= 11 is 1.76. The lowest BCUT2D eigenvalue weighted by atomic mass is 10.2. The molecule has 0 bridgehead atoms. The van der Waals surface area contributed by atoms with Crippen molar-refractivity contribution >= 4 is 11.3 Å². The molecule has 0 amide bonds. The summed E-state index contributed by atoms with van der Waals surface area (Å²) in [7, 11) is 0. The number of aromatic nitrogens is 1. The Balaban J connectivity index is 1.68. The molecule has 0 atom stereocenters. The van der Waals surface area contributed by atoms with Crippen LogP contribution in [0.2, 0.25) is 0 Å². The highest BCUT2D eigenvalue weighted by atomic mass is 32.1. The summed E-state index contributed by atoms with van der Waals surface area (Å²) < 4.78 is 0. The van der Waals surface area contributed by atoms with Gasteiger partial charge in [0.15, 0.2) is 0 Å². The smallest absolute Gasteiger partial charge is 0.123 e. The van der Waals surface area contributed by atoms with Gasteiger partial charge in [-0.2, -0.15) is 0 Å². The van der Waals surface area contributed by atoms with E-state index in [9.17, 15) is 0 Å². The zero-order valence-electron chi connectivity index (χ0n) is 11.2. The largest absolute Gasteiger partial charge is 0.297 e. The molecular weight excluding hydrogens is 252 g/mol. The molecule has 1 aromatic carbocycles. The molecule has 1 aromatic heterocycles. The topological polar surface area (TPSA) is 16.1 Å². The number of likely N-dealkylation sites (tertiary alicyclic amines) is 1. The first-order valence-corrected chi connectivity index (χ1v) is 8.02. The van der Waals surface area contributed by atoms with Crippen LogP contribution in [0.1, 0.15) is 31.4 Å². The molecule has 19 heavy (non-hydrogen) atoms. The van der Waals surface area contributed by atoms with E-state index in [1.165, 1.54) is 50.0 Å². The molecule has 0 radical (unpaired) electrons. The molecular formula is C16H20N2S. The molecule has 1 fully saturated rings. The van der Waals surface area contributed by atoms with Crippen molar-refractivity contribution in [1.82, 2.24) is 9.88 Å². The van der Waals surface area contributed by atoms with Crippen LogP contribution in [0, 0.1) is 0 Å². The van der Waals surface area contributed by atoms with E-state index in [2.05, 4.69) is 40.6 Å². The van der Waals surface area contributed by atoms with Gasteiger partial charge >= 0.3 is 0 Å². The first-order valence-electron chi connectivity index (χ1n) is 7.14. The predicted molar refractivity (Wildman–Crippen MR) is 81.3 cm³/mol. The fourth-order valence-corrected chi connectivity index (χ4v) is 3.43. The lowest BCUT2D eigenvalue weighted by Gasteiger charge is -2.17. The molecule has 3 rings (SSSR count). The lowest BCUT2D eigenvalue weighted by Crippen LogP contribution is -2.24. The van der Waals surface area contributed by atoms with Crippen LogP contribution in [0.5, 0.6) is 0 Å². The van der Waals surface area contributed by atoms with Gasteiger partial charge in [-0.25, -0.2) is 4.98 Å². The Hall–Kier alpha value is -1.19. The van der Waals surface area contributed by atoms with Gasteiger partial charge in [0.25, 0.3) is 0 Å². The highest BCUT2D eigenvalue weighted by Gasteiger charge is 2.11. The molecule has 0 N–H and O–H groups in total. The molecule has 2 aromatic rings. The van der Waals surface area contributed by atoms with Crippen molar-refractivity contribution in [3.8, 4) is 10.6 Å². The van der Waals surface area contributed by atoms with Gasteiger partial charge in [0.05, 0.1) is 5.69 Å². The van der Waals surface area contributed by atoms with Gasteiger partial charge in [-0.3, -0.25) is 4.90 Å². The van der Waals surface area contributed by atoms with Gasteiger partial charge in [-0.05, 0) is 25.9 Å². The molecule has 3 heteroatoms. The fraction of sp³-hybridized carbons (Fsp3) is 0.438. The van der Waals surface area contributed by atoms with Gasteiger partial charge in [0.1, 0.15) is 5.01 Å². The average molecular weight is 272 g/mol. The van der Waals surface area contributed by atoms with E-state index in [4.69, 9.17) is 4.98 Å². The number of benzene rings is 1. The Kier molecular flexibility index (Phi) is 4.26. The lowest BCUT2D eigenvalue weighted by molar-refractivity contribution is 0.274. The fourth-order valence-electron chi connectivity index (χ4n) is 2.62. The van der Waals surface area contributed by atoms with Gasteiger partial charge in [-0.15, -0.1) is 11.3 Å². The Morgan fingerprint density at radius 3 is 2.47 bits per heavy atom. The van der Waals surface area contributed by atoms with E-state index in [0.717, 1.165) is 11.6 Å². The Morgan fingerprint density at radius 2 is 1.74 bits per heavy atom. The summed E-state index contributed by atoms with van der Waals surface area (Å²) in [6.45, 7) is 3.49. The zero-order valence-corrected chi connectivity index (χ0v) is 12.0. The summed E-state index contributed by atoms with van der Waals surface area (Å²) in [6.07, 6.45) is 5.47. The number of thiazole rings is 1. The van der Waals surface area contributed by atoms with E-state index in [0.29, 0.717) is 0 Å². The average Bonchev–Trinajstić information content (AvgIpc) is 2.76. The van der Waals surface area contributed by atoms with Crippen molar-refractivity contribution in [3.05, 3.63) is 41.4 Å². The minimum absolute atomic E-state index is 1.02. The second-order valence-electron chi connectivity index (χ2n) is 5.20. The maximum atomic E-state index is 4.78. The van der Waals surface area contributed by atoms with Crippen molar-refractivity contribution < 1.29 is 0 Å². The molecule has 0 spiro atoms. The van der Waals surface area contributed by atoms with Crippen LogP contribution in [0.3, 0.4) is 0 Å². The van der Waals surface area contributed by atoms with E-state index < -0.39 is 0 Å². The summed E-state index contributed by atoms with van der Waals surface area (Å²) in [5, 5.41) is 3.36. The van der Waals surface area contributed by atoms with E-state index in [1.54, 1.807) is 11.3 Å². The summed E-state index contributed by atoms with van der Waals surface area (Å²) in [6, 6.07) is 10.5. The molecule has 0 unspecified atom stereocenters. The van der Waals surface area contributed by atoms with Crippen molar-refractivity contribution in [2.45, 2.75) is 32.2 Å². The molecule has 100 valence electrons. The first kappa shape index (κ1) is 12.8. The van der Waals surface area contributed by atoms with Crippen LogP contribution < -0.4 is 0 Å². The van der Waals surface area contributed by atoms with E-state index in [1.807, 2.05) is 0 Å². The minimum atomic E-state index is 1.02. The van der Waals surface area contributed by atoms with Crippen LogP contribution >= 0.6 is 11.3 Å². The van der Waals surface area contributed by atoms with Crippen molar-refractivity contribution in [2.24, 2.45) is 0 Å². The third-order valence-corrected chi connectivity index (χ3v) is 4.60. The number of nitrogens with zero attached hydrogens (tertiary/aromatic N) is 2. The van der Waals surface area contributed by atoms with Crippen LogP contribution in [0.25, 0.3) is 10.6 Å². The number of hydrogen-bond donors (Lipinski definition) is 0. The summed E-state index contributed by atoms with van der Waals surface area (Å²) in [4.78, 5) is 7.33. The van der Waals surface area contributed by atoms with Gasteiger partial charge < -0.3 is 0 Å². The minimum Gasteiger partial charge on any atom is -0.297 e. The second kappa shape index (κ2) is 6.31. The number of hydrogen-bond acceptors (Lipinski definition) is 3. The Morgan fingerprint density at radius 1 is 1.00 bits per heavy atom. The monoisotopic (exact) mass is 272 g/mol. The molecule has 1 aliphatic heterocycles. The zero-order chi connectivity index (χ0) is 12.9. The highest BCUT2D eigenvalue weighted by molar-refractivity contribution is 7.13. The first-order chi connectivity index (χ1) is 9.42. The van der Waals surface area contributed by atoms with Crippen molar-refractivity contribution in [2.75, 3.05) is 13.1 Å². The predicted octanol–water partition coefficient (Wildman–Crippen LogP) is 4.19. The quantitative estimate of drug-likeness (QED) is 0.833. The number of rotatable bonds is 3. The third kappa shape index (κ3) is 3.43.